The Morgan fingerprint density at radius 3 is 2.45 bits per heavy atom. The Morgan fingerprint density at radius 1 is 1.09 bits per heavy atom. The van der Waals surface area contributed by atoms with Gasteiger partial charge < -0.3 is 9.80 Å². The Labute approximate surface area is 130 Å². The number of nitriles is 1. The molecule has 0 spiro atoms. The van der Waals surface area contributed by atoms with Crippen molar-refractivity contribution in [3.05, 3.63) is 35.0 Å². The molecule has 0 bridgehead atoms. The lowest BCUT2D eigenvalue weighted by Crippen LogP contribution is -2.45. The molecule has 2 aromatic rings. The Bertz CT molecular complexity index is 719. The molecular weight excluding hydrogens is 276 g/mol. The highest BCUT2D eigenvalue weighted by Crippen LogP contribution is 2.20. The van der Waals surface area contributed by atoms with Crippen LogP contribution in [0.25, 0.3) is 5.69 Å². The summed E-state index contributed by atoms with van der Waals surface area (Å²) in [6, 6.07) is 8.31. The lowest BCUT2D eigenvalue weighted by molar-refractivity contribution is 0.312. The molecule has 0 saturated carbocycles. The first-order valence-electron chi connectivity index (χ1n) is 7.47. The highest BCUT2D eigenvalue weighted by molar-refractivity contribution is 5.51. The summed E-state index contributed by atoms with van der Waals surface area (Å²) < 4.78 is 0. The van der Waals surface area contributed by atoms with Crippen LogP contribution in [0.4, 0.5) is 5.82 Å². The Balaban J connectivity index is 1.96. The lowest BCUT2D eigenvalue weighted by atomic mass is 10.1. The summed E-state index contributed by atoms with van der Waals surface area (Å²) in [5, 5.41) is 18.3. The maximum absolute atomic E-state index is 9.37. The van der Waals surface area contributed by atoms with E-state index in [1.807, 2.05) is 19.1 Å². The van der Waals surface area contributed by atoms with E-state index < -0.39 is 0 Å². The van der Waals surface area contributed by atoms with Gasteiger partial charge >= 0.3 is 0 Å². The minimum atomic E-state index is 0.393. The quantitative estimate of drug-likeness (QED) is 0.840. The van der Waals surface area contributed by atoms with Crippen molar-refractivity contribution >= 4 is 5.82 Å². The first kappa shape index (κ1) is 14.5. The number of rotatable bonds is 2. The van der Waals surface area contributed by atoms with Gasteiger partial charge in [0, 0.05) is 26.2 Å². The molecule has 6 heteroatoms. The van der Waals surface area contributed by atoms with E-state index in [9.17, 15) is 5.26 Å². The zero-order valence-electron chi connectivity index (χ0n) is 13.2. The van der Waals surface area contributed by atoms with Crippen molar-refractivity contribution in [3.8, 4) is 11.8 Å². The fraction of sp³-hybridized carbons (Fsp3) is 0.438. The van der Waals surface area contributed by atoms with E-state index in [-0.39, 0.29) is 0 Å². The number of nitrogens with zero attached hydrogens (tertiary/aromatic N) is 6. The number of anilines is 1. The van der Waals surface area contributed by atoms with E-state index in [1.54, 1.807) is 4.80 Å². The first-order valence-corrected chi connectivity index (χ1v) is 7.47. The van der Waals surface area contributed by atoms with Crippen LogP contribution >= 0.6 is 0 Å². The average molecular weight is 296 g/mol. The highest BCUT2D eigenvalue weighted by Gasteiger charge is 2.22. The predicted octanol–water partition coefficient (Wildman–Crippen LogP) is 1.51. The summed E-state index contributed by atoms with van der Waals surface area (Å²) in [5.41, 5.74) is 3.62. The van der Waals surface area contributed by atoms with Gasteiger partial charge in [-0.05, 0) is 32.5 Å². The lowest BCUT2D eigenvalue weighted by Gasteiger charge is -2.32. The maximum Gasteiger partial charge on any atom is 0.207 e. The number of hydrogen-bond acceptors (Lipinski definition) is 5. The van der Waals surface area contributed by atoms with E-state index in [1.165, 1.54) is 5.56 Å². The standard InChI is InChI=1S/C16H20N6/c1-12-4-5-15(13(2)10-12)22-18-14(11-17)16(19-22)21-8-6-20(3)7-9-21/h4-5,10H,6-9H2,1-3H3. The molecule has 1 aliphatic rings. The molecule has 0 atom stereocenters. The average Bonchev–Trinajstić information content (AvgIpc) is 2.92. The molecule has 3 rings (SSSR count). The smallest absolute Gasteiger partial charge is 0.207 e. The van der Waals surface area contributed by atoms with Crippen molar-refractivity contribution < 1.29 is 0 Å². The van der Waals surface area contributed by atoms with E-state index in [2.05, 4.69) is 46.1 Å². The van der Waals surface area contributed by atoms with Crippen molar-refractivity contribution in [1.29, 1.82) is 5.26 Å². The van der Waals surface area contributed by atoms with Gasteiger partial charge in [-0.1, -0.05) is 17.7 Å². The summed E-state index contributed by atoms with van der Waals surface area (Å²) in [5.74, 6) is 0.690. The molecule has 1 saturated heterocycles. The van der Waals surface area contributed by atoms with Gasteiger partial charge in [-0.25, -0.2) is 0 Å². The highest BCUT2D eigenvalue weighted by atomic mass is 15.5. The molecule has 114 valence electrons. The van der Waals surface area contributed by atoms with Gasteiger partial charge in [-0.3, -0.25) is 0 Å². The SMILES string of the molecule is Cc1ccc(-n2nc(C#N)c(N3CCN(C)CC3)n2)c(C)c1. The van der Waals surface area contributed by atoms with Crippen LogP contribution in [0.5, 0.6) is 0 Å². The molecule has 0 amide bonds. The minimum absolute atomic E-state index is 0.393. The van der Waals surface area contributed by atoms with Crippen molar-refractivity contribution in [2.24, 2.45) is 0 Å². The van der Waals surface area contributed by atoms with Gasteiger partial charge in [0.2, 0.25) is 5.69 Å². The minimum Gasteiger partial charge on any atom is -0.350 e. The van der Waals surface area contributed by atoms with Gasteiger partial charge in [-0.15, -0.1) is 15.0 Å². The van der Waals surface area contributed by atoms with Crippen molar-refractivity contribution in [2.45, 2.75) is 13.8 Å². The van der Waals surface area contributed by atoms with Crippen LogP contribution in [0.3, 0.4) is 0 Å². The van der Waals surface area contributed by atoms with Crippen molar-refractivity contribution in [1.82, 2.24) is 19.9 Å². The zero-order valence-corrected chi connectivity index (χ0v) is 13.2. The molecule has 0 radical (unpaired) electrons. The van der Waals surface area contributed by atoms with Crippen LogP contribution in [-0.4, -0.2) is 53.1 Å². The summed E-state index contributed by atoms with van der Waals surface area (Å²) in [4.78, 5) is 6.00. The maximum atomic E-state index is 9.37. The molecule has 22 heavy (non-hydrogen) atoms. The van der Waals surface area contributed by atoms with Crippen LogP contribution in [-0.2, 0) is 0 Å². The second-order valence-corrected chi connectivity index (χ2v) is 5.85. The van der Waals surface area contributed by atoms with E-state index in [4.69, 9.17) is 0 Å². The molecular formula is C16H20N6. The fourth-order valence-electron chi connectivity index (χ4n) is 2.74. The van der Waals surface area contributed by atoms with Crippen molar-refractivity contribution in [2.75, 3.05) is 38.1 Å². The molecule has 1 fully saturated rings. The molecule has 1 aromatic carbocycles. The van der Waals surface area contributed by atoms with Crippen molar-refractivity contribution in [3.63, 3.8) is 0 Å². The van der Waals surface area contributed by atoms with Crippen LogP contribution < -0.4 is 4.90 Å². The van der Waals surface area contributed by atoms with Gasteiger partial charge in [0.05, 0.1) is 5.69 Å². The first-order chi connectivity index (χ1) is 10.6. The summed E-state index contributed by atoms with van der Waals surface area (Å²) >= 11 is 0. The third-order valence-electron chi connectivity index (χ3n) is 4.07. The summed E-state index contributed by atoms with van der Waals surface area (Å²) in [7, 11) is 2.11. The normalized spacial score (nSPS) is 15.8. The van der Waals surface area contributed by atoms with E-state index in [0.29, 0.717) is 11.5 Å². The Hall–Kier alpha value is -2.39. The topological polar surface area (TPSA) is 61.0 Å². The van der Waals surface area contributed by atoms with Gasteiger partial charge in [-0.2, -0.15) is 5.26 Å². The number of hydrogen-bond donors (Lipinski definition) is 0. The van der Waals surface area contributed by atoms with E-state index in [0.717, 1.165) is 37.4 Å². The summed E-state index contributed by atoms with van der Waals surface area (Å²) in [6.45, 7) is 7.78. The Morgan fingerprint density at radius 2 is 1.82 bits per heavy atom. The van der Waals surface area contributed by atoms with Crippen LogP contribution in [0.15, 0.2) is 18.2 Å². The molecule has 1 aromatic heterocycles. The molecule has 0 unspecified atom stereocenters. The van der Waals surface area contributed by atoms with Crippen LogP contribution in [0, 0.1) is 25.2 Å². The summed E-state index contributed by atoms with van der Waals surface area (Å²) in [6.07, 6.45) is 0. The third-order valence-corrected chi connectivity index (χ3v) is 4.07. The number of piperazine rings is 1. The molecule has 1 aliphatic heterocycles. The van der Waals surface area contributed by atoms with Gasteiger partial charge in [0.1, 0.15) is 6.07 Å². The number of likely N-dealkylation sites (N-methyl/N-ethyl adjacent to an activating group) is 1. The largest absolute Gasteiger partial charge is 0.350 e. The fourth-order valence-corrected chi connectivity index (χ4v) is 2.74. The Kier molecular flexibility index (Phi) is 3.82. The third kappa shape index (κ3) is 2.68. The van der Waals surface area contributed by atoms with Gasteiger partial charge in [0.25, 0.3) is 0 Å². The van der Waals surface area contributed by atoms with Crippen LogP contribution in [0.1, 0.15) is 16.8 Å². The molecule has 0 aliphatic carbocycles. The number of benzene rings is 1. The van der Waals surface area contributed by atoms with E-state index >= 15 is 0 Å². The molecule has 6 nitrogen and oxygen atoms in total. The second kappa shape index (κ2) is 5.78. The number of aryl methyl sites for hydroxylation is 2. The van der Waals surface area contributed by atoms with Gasteiger partial charge in [0.15, 0.2) is 5.82 Å². The molecule has 2 heterocycles. The second-order valence-electron chi connectivity index (χ2n) is 5.85. The zero-order chi connectivity index (χ0) is 15.7. The molecule has 0 N–H and O–H groups in total. The monoisotopic (exact) mass is 296 g/mol. The van der Waals surface area contributed by atoms with Crippen LogP contribution in [0.2, 0.25) is 0 Å². The number of aromatic nitrogens is 3. The predicted molar refractivity (Wildman–Crippen MR) is 85.3 cm³/mol.